The number of halogens is 2. The summed E-state index contributed by atoms with van der Waals surface area (Å²) in [5, 5.41) is 0. The van der Waals surface area contributed by atoms with Gasteiger partial charge >= 0.3 is 5.97 Å². The predicted octanol–water partition coefficient (Wildman–Crippen LogP) is 11.8. The Balaban J connectivity index is 1.44. The molecule has 0 aliphatic heterocycles. The van der Waals surface area contributed by atoms with E-state index in [-0.39, 0.29) is 12.7 Å². The Labute approximate surface area is 275 Å². The van der Waals surface area contributed by atoms with E-state index in [1.54, 1.807) is 48.5 Å². The zero-order chi connectivity index (χ0) is 33.0. The number of hydrogen-bond donors (Lipinski definition) is 0. The average molecular weight is 637 g/mol. The quantitative estimate of drug-likeness (QED) is 0.0590. The van der Waals surface area contributed by atoms with Crippen LogP contribution in [-0.4, -0.2) is 31.7 Å². The van der Waals surface area contributed by atoms with Crippen LogP contribution in [0.25, 0.3) is 11.1 Å². The third-order valence-electron chi connectivity index (χ3n) is 8.42. The summed E-state index contributed by atoms with van der Waals surface area (Å²) in [6, 6.07) is 21.4. The minimum absolute atomic E-state index is 0.00107. The van der Waals surface area contributed by atoms with Gasteiger partial charge in [0.2, 0.25) is 6.43 Å². The average Bonchev–Trinajstić information content (AvgIpc) is 3.07. The molecule has 0 aliphatic rings. The van der Waals surface area contributed by atoms with E-state index in [1.807, 2.05) is 31.2 Å². The third-order valence-corrected chi connectivity index (χ3v) is 8.42. The summed E-state index contributed by atoms with van der Waals surface area (Å²) in [7, 11) is 0. The van der Waals surface area contributed by atoms with E-state index < -0.39 is 18.3 Å². The Morgan fingerprint density at radius 1 is 0.652 bits per heavy atom. The number of esters is 1. The molecule has 0 spiro atoms. The second-order valence-electron chi connectivity index (χ2n) is 12.3. The van der Waals surface area contributed by atoms with Gasteiger partial charge in [-0.05, 0) is 72.9 Å². The molecule has 2 atom stereocenters. The zero-order valence-electron chi connectivity index (χ0n) is 28.2. The number of carbonyl (C=O) groups is 1. The normalized spacial score (nSPS) is 12.7. The van der Waals surface area contributed by atoms with Crippen LogP contribution in [0.1, 0.15) is 126 Å². The Morgan fingerprint density at radius 2 is 1.17 bits per heavy atom. The van der Waals surface area contributed by atoms with Crippen molar-refractivity contribution in [2.24, 2.45) is 0 Å². The molecule has 4 nitrogen and oxygen atoms in total. The lowest BCUT2D eigenvalue weighted by Gasteiger charge is -2.20. The molecule has 6 heteroatoms. The first-order chi connectivity index (χ1) is 22.4. The molecule has 0 bridgehead atoms. The molecular formula is C40H54F2O4. The van der Waals surface area contributed by atoms with Crippen LogP contribution in [0.3, 0.4) is 0 Å². The molecule has 0 saturated carbocycles. The summed E-state index contributed by atoms with van der Waals surface area (Å²) in [6.07, 6.45) is 12.9. The van der Waals surface area contributed by atoms with E-state index >= 15 is 0 Å². The second kappa shape index (κ2) is 21.5. The number of carbonyl (C=O) groups excluding carboxylic acids is 1. The molecule has 3 rings (SSSR count). The number of hydrogen-bond acceptors (Lipinski definition) is 4. The summed E-state index contributed by atoms with van der Waals surface area (Å²) >= 11 is 0. The first-order valence-corrected chi connectivity index (χ1v) is 17.5. The molecule has 46 heavy (non-hydrogen) atoms. The molecule has 0 heterocycles. The van der Waals surface area contributed by atoms with E-state index in [0.717, 1.165) is 42.6 Å². The fraction of sp³-hybridized carbons (Fsp3) is 0.525. The number of alkyl halides is 2. The molecule has 3 aromatic rings. The first-order valence-electron chi connectivity index (χ1n) is 17.5. The lowest BCUT2D eigenvalue weighted by molar-refractivity contribution is 0.00669. The lowest BCUT2D eigenvalue weighted by atomic mass is 9.97. The molecule has 3 aromatic carbocycles. The predicted molar refractivity (Wildman–Crippen MR) is 184 cm³/mol. The highest BCUT2D eigenvalue weighted by atomic mass is 19.3. The van der Waals surface area contributed by atoms with Gasteiger partial charge < -0.3 is 14.2 Å². The Hall–Kier alpha value is -3.25. The van der Waals surface area contributed by atoms with Crippen molar-refractivity contribution in [2.45, 2.75) is 123 Å². The van der Waals surface area contributed by atoms with Crippen LogP contribution in [0.2, 0.25) is 0 Å². The number of unbranched alkanes of at least 4 members (excludes halogenated alkanes) is 10. The van der Waals surface area contributed by atoms with Gasteiger partial charge in [-0.15, -0.1) is 0 Å². The largest absolute Gasteiger partial charge is 0.494 e. The third kappa shape index (κ3) is 13.6. The maximum atomic E-state index is 13.9. The van der Waals surface area contributed by atoms with Crippen LogP contribution in [-0.2, 0) is 4.74 Å². The van der Waals surface area contributed by atoms with E-state index in [4.69, 9.17) is 14.2 Å². The van der Waals surface area contributed by atoms with Crippen LogP contribution in [0, 0.1) is 0 Å². The van der Waals surface area contributed by atoms with Crippen LogP contribution >= 0.6 is 0 Å². The monoisotopic (exact) mass is 636 g/mol. The van der Waals surface area contributed by atoms with E-state index in [9.17, 15) is 13.6 Å². The maximum Gasteiger partial charge on any atom is 0.343 e. The minimum Gasteiger partial charge on any atom is -0.494 e. The van der Waals surface area contributed by atoms with Crippen molar-refractivity contribution in [3.05, 3.63) is 83.9 Å². The Kier molecular flexibility index (Phi) is 17.4. The van der Waals surface area contributed by atoms with Crippen LogP contribution in [0.5, 0.6) is 11.5 Å². The summed E-state index contributed by atoms with van der Waals surface area (Å²) < 4.78 is 45.0. The van der Waals surface area contributed by atoms with Crippen molar-refractivity contribution in [1.82, 2.24) is 0 Å². The molecule has 0 N–H and O–H groups in total. The summed E-state index contributed by atoms with van der Waals surface area (Å²) in [5.74, 6) is -0.236. The molecular weight excluding hydrogens is 582 g/mol. The highest BCUT2D eigenvalue weighted by molar-refractivity contribution is 5.91. The lowest BCUT2D eigenvalue weighted by Crippen LogP contribution is -2.20. The molecule has 0 aliphatic carbocycles. The van der Waals surface area contributed by atoms with E-state index in [2.05, 4.69) is 13.8 Å². The van der Waals surface area contributed by atoms with Crippen LogP contribution < -0.4 is 9.47 Å². The highest BCUT2D eigenvalue weighted by Crippen LogP contribution is 2.29. The van der Waals surface area contributed by atoms with Gasteiger partial charge in [0.1, 0.15) is 11.5 Å². The smallest absolute Gasteiger partial charge is 0.343 e. The zero-order valence-corrected chi connectivity index (χ0v) is 28.2. The summed E-state index contributed by atoms with van der Waals surface area (Å²) in [4.78, 5) is 12.7. The minimum atomic E-state index is -2.50. The SMILES string of the molecule is CCCCCCCCCCOc1ccc(C(=O)Oc2ccc(-c3ccc([C@H](CO[C@H](C)CCCCCC)C(F)F)cc3)cc2)cc1. The van der Waals surface area contributed by atoms with E-state index in [0.29, 0.717) is 23.5 Å². The standard InChI is InChI=1S/C40H54F2O4/c1-4-6-8-10-11-12-13-15-29-44-36-25-23-35(24-26-36)40(43)46-37-27-21-33(22-28-37)32-17-19-34(20-18-32)38(39(41)42)30-45-31(3)16-14-9-7-5-2/h17-28,31,38-39H,4-16,29-30H2,1-3H3/t31-,38+/m1/s1. The van der Waals surface area contributed by atoms with Gasteiger partial charge in [0, 0.05) is 0 Å². The number of benzene rings is 3. The fourth-order valence-corrected chi connectivity index (χ4v) is 5.44. The molecule has 0 amide bonds. The molecule has 0 saturated heterocycles. The molecule has 0 aromatic heterocycles. The second-order valence-corrected chi connectivity index (χ2v) is 12.3. The molecule has 0 unspecified atom stereocenters. The van der Waals surface area contributed by atoms with Gasteiger partial charge in [0.15, 0.2) is 0 Å². The number of ether oxygens (including phenoxy) is 3. The van der Waals surface area contributed by atoms with Gasteiger partial charge in [-0.2, -0.15) is 0 Å². The summed E-state index contributed by atoms with van der Waals surface area (Å²) in [6.45, 7) is 7.04. The van der Waals surface area contributed by atoms with E-state index in [1.165, 1.54) is 57.8 Å². The van der Waals surface area contributed by atoms with Gasteiger partial charge in [0.25, 0.3) is 0 Å². The Bertz CT molecular complexity index is 1230. The van der Waals surface area contributed by atoms with Gasteiger partial charge in [0.05, 0.1) is 30.8 Å². The maximum absolute atomic E-state index is 13.9. The van der Waals surface area contributed by atoms with Crippen molar-refractivity contribution in [1.29, 1.82) is 0 Å². The van der Waals surface area contributed by atoms with Crippen LogP contribution in [0.4, 0.5) is 8.78 Å². The number of rotatable bonds is 23. The molecule has 0 radical (unpaired) electrons. The molecule has 0 fully saturated rings. The van der Waals surface area contributed by atoms with Crippen molar-refractivity contribution in [2.75, 3.05) is 13.2 Å². The van der Waals surface area contributed by atoms with Gasteiger partial charge in [-0.25, -0.2) is 13.6 Å². The van der Waals surface area contributed by atoms with Gasteiger partial charge in [-0.1, -0.05) is 121 Å². The molecule has 252 valence electrons. The highest BCUT2D eigenvalue weighted by Gasteiger charge is 2.24. The van der Waals surface area contributed by atoms with Crippen molar-refractivity contribution >= 4 is 5.97 Å². The van der Waals surface area contributed by atoms with Crippen molar-refractivity contribution in [3.63, 3.8) is 0 Å². The topological polar surface area (TPSA) is 44.8 Å². The van der Waals surface area contributed by atoms with Crippen molar-refractivity contribution < 1.29 is 27.8 Å². The fourth-order valence-electron chi connectivity index (χ4n) is 5.44. The Morgan fingerprint density at radius 3 is 1.76 bits per heavy atom. The van der Waals surface area contributed by atoms with Crippen molar-refractivity contribution in [3.8, 4) is 22.6 Å². The van der Waals surface area contributed by atoms with Gasteiger partial charge in [-0.3, -0.25) is 0 Å². The summed E-state index contributed by atoms with van der Waals surface area (Å²) in [5.41, 5.74) is 2.80. The first kappa shape index (κ1) is 37.2. The van der Waals surface area contributed by atoms with Crippen LogP contribution in [0.15, 0.2) is 72.8 Å².